The lowest BCUT2D eigenvalue weighted by atomic mass is 10.3. The first-order chi connectivity index (χ1) is 6.77. The number of aliphatic hydroxyl groups excluding tert-OH is 1. The SMILES string of the molecule is CCN1CCN(C(=O)OCCO)CC1. The van der Waals surface area contributed by atoms with Gasteiger partial charge >= 0.3 is 6.09 Å². The maximum Gasteiger partial charge on any atom is 0.409 e. The second kappa shape index (κ2) is 5.82. The topological polar surface area (TPSA) is 53.0 Å². The molecule has 1 N–H and O–H groups in total. The molecular formula is C9H18N2O3. The smallest absolute Gasteiger partial charge is 0.409 e. The third kappa shape index (κ3) is 3.16. The van der Waals surface area contributed by atoms with E-state index in [0.29, 0.717) is 0 Å². The van der Waals surface area contributed by atoms with E-state index in [1.54, 1.807) is 4.90 Å². The molecule has 82 valence electrons. The fraction of sp³-hybridized carbons (Fsp3) is 0.889. The van der Waals surface area contributed by atoms with E-state index < -0.39 is 0 Å². The summed E-state index contributed by atoms with van der Waals surface area (Å²) in [7, 11) is 0. The van der Waals surface area contributed by atoms with Crippen molar-refractivity contribution < 1.29 is 14.6 Å². The number of piperazine rings is 1. The fourth-order valence-electron chi connectivity index (χ4n) is 1.47. The van der Waals surface area contributed by atoms with E-state index in [4.69, 9.17) is 9.84 Å². The number of carbonyl (C=O) groups is 1. The Balaban J connectivity index is 2.23. The zero-order chi connectivity index (χ0) is 10.4. The average Bonchev–Trinajstić information content (AvgIpc) is 2.26. The monoisotopic (exact) mass is 202 g/mol. The Morgan fingerprint density at radius 1 is 1.36 bits per heavy atom. The highest BCUT2D eigenvalue weighted by Crippen LogP contribution is 2.02. The van der Waals surface area contributed by atoms with Gasteiger partial charge in [-0.15, -0.1) is 0 Å². The lowest BCUT2D eigenvalue weighted by molar-refractivity contribution is 0.0653. The molecule has 1 heterocycles. The Bertz CT molecular complexity index is 179. The van der Waals surface area contributed by atoms with Gasteiger partial charge in [0.25, 0.3) is 0 Å². The summed E-state index contributed by atoms with van der Waals surface area (Å²) >= 11 is 0. The van der Waals surface area contributed by atoms with Crippen LogP contribution < -0.4 is 0 Å². The molecule has 0 radical (unpaired) electrons. The third-order valence-corrected chi connectivity index (χ3v) is 2.39. The fourth-order valence-corrected chi connectivity index (χ4v) is 1.47. The minimum Gasteiger partial charge on any atom is -0.447 e. The predicted octanol–water partition coefficient (Wildman–Crippen LogP) is -0.247. The van der Waals surface area contributed by atoms with Crippen molar-refractivity contribution >= 4 is 6.09 Å². The van der Waals surface area contributed by atoms with Crippen LogP contribution in [0.4, 0.5) is 4.79 Å². The number of hydrogen-bond donors (Lipinski definition) is 1. The highest BCUT2D eigenvalue weighted by molar-refractivity contribution is 5.67. The van der Waals surface area contributed by atoms with Crippen molar-refractivity contribution in [1.29, 1.82) is 0 Å². The number of ether oxygens (including phenoxy) is 1. The number of aliphatic hydroxyl groups is 1. The van der Waals surface area contributed by atoms with Crippen molar-refractivity contribution in [3.8, 4) is 0 Å². The van der Waals surface area contributed by atoms with Crippen molar-refractivity contribution in [2.24, 2.45) is 0 Å². The molecule has 0 unspecified atom stereocenters. The van der Waals surface area contributed by atoms with Gasteiger partial charge in [-0.3, -0.25) is 0 Å². The molecule has 0 bridgehead atoms. The standard InChI is InChI=1S/C9H18N2O3/c1-2-10-3-5-11(6-4-10)9(13)14-8-7-12/h12H,2-8H2,1H3. The van der Waals surface area contributed by atoms with Gasteiger partial charge in [0.15, 0.2) is 0 Å². The largest absolute Gasteiger partial charge is 0.447 e. The van der Waals surface area contributed by atoms with Gasteiger partial charge in [0.05, 0.1) is 6.61 Å². The summed E-state index contributed by atoms with van der Waals surface area (Å²) in [5.41, 5.74) is 0. The van der Waals surface area contributed by atoms with Crippen LogP contribution in [0.5, 0.6) is 0 Å². The number of likely N-dealkylation sites (N-methyl/N-ethyl adjacent to an activating group) is 1. The van der Waals surface area contributed by atoms with Gasteiger partial charge in [-0.05, 0) is 6.54 Å². The normalized spacial score (nSPS) is 18.3. The Kier molecular flexibility index (Phi) is 4.69. The lowest BCUT2D eigenvalue weighted by Crippen LogP contribution is -2.48. The van der Waals surface area contributed by atoms with E-state index >= 15 is 0 Å². The zero-order valence-electron chi connectivity index (χ0n) is 8.61. The van der Waals surface area contributed by atoms with Gasteiger partial charge in [-0.25, -0.2) is 4.79 Å². The average molecular weight is 202 g/mol. The van der Waals surface area contributed by atoms with Crippen LogP contribution in [-0.2, 0) is 4.74 Å². The van der Waals surface area contributed by atoms with Gasteiger partial charge in [-0.2, -0.15) is 0 Å². The number of amides is 1. The summed E-state index contributed by atoms with van der Waals surface area (Å²) in [6, 6.07) is 0. The maximum absolute atomic E-state index is 11.3. The third-order valence-electron chi connectivity index (χ3n) is 2.39. The molecule has 1 fully saturated rings. The van der Waals surface area contributed by atoms with Gasteiger partial charge in [0.2, 0.25) is 0 Å². The molecule has 1 amide bonds. The molecule has 1 aliphatic rings. The van der Waals surface area contributed by atoms with E-state index in [2.05, 4.69) is 11.8 Å². The molecule has 0 saturated carbocycles. The van der Waals surface area contributed by atoms with Crippen LogP contribution in [-0.4, -0.2) is 66.9 Å². The summed E-state index contributed by atoms with van der Waals surface area (Å²) < 4.78 is 4.82. The predicted molar refractivity (Wildman–Crippen MR) is 52.1 cm³/mol. The van der Waals surface area contributed by atoms with Crippen molar-refractivity contribution in [2.75, 3.05) is 45.9 Å². The van der Waals surface area contributed by atoms with Crippen molar-refractivity contribution in [3.05, 3.63) is 0 Å². The van der Waals surface area contributed by atoms with Crippen LogP contribution >= 0.6 is 0 Å². The van der Waals surface area contributed by atoms with E-state index in [1.165, 1.54) is 0 Å². The maximum atomic E-state index is 11.3. The minimum atomic E-state index is -0.310. The van der Waals surface area contributed by atoms with Crippen molar-refractivity contribution in [2.45, 2.75) is 6.92 Å². The van der Waals surface area contributed by atoms with Gasteiger partial charge < -0.3 is 19.6 Å². The molecular weight excluding hydrogens is 184 g/mol. The number of rotatable bonds is 3. The highest BCUT2D eigenvalue weighted by atomic mass is 16.6. The second-order valence-electron chi connectivity index (χ2n) is 3.26. The quantitative estimate of drug-likeness (QED) is 0.686. The van der Waals surface area contributed by atoms with E-state index in [0.717, 1.165) is 32.7 Å². The molecule has 1 rings (SSSR count). The van der Waals surface area contributed by atoms with E-state index in [9.17, 15) is 4.79 Å². The van der Waals surface area contributed by atoms with Crippen LogP contribution in [0.25, 0.3) is 0 Å². The zero-order valence-corrected chi connectivity index (χ0v) is 8.61. The number of carbonyl (C=O) groups excluding carboxylic acids is 1. The molecule has 0 aliphatic carbocycles. The van der Waals surface area contributed by atoms with Crippen LogP contribution in [0, 0.1) is 0 Å². The molecule has 0 aromatic heterocycles. The lowest BCUT2D eigenvalue weighted by Gasteiger charge is -2.33. The van der Waals surface area contributed by atoms with Gasteiger partial charge in [0, 0.05) is 26.2 Å². The highest BCUT2D eigenvalue weighted by Gasteiger charge is 2.20. The minimum absolute atomic E-state index is 0.0901. The van der Waals surface area contributed by atoms with E-state index in [-0.39, 0.29) is 19.3 Å². The Hall–Kier alpha value is -0.810. The van der Waals surface area contributed by atoms with Crippen molar-refractivity contribution in [3.63, 3.8) is 0 Å². The summed E-state index contributed by atoms with van der Waals surface area (Å²) in [4.78, 5) is 15.3. The molecule has 14 heavy (non-hydrogen) atoms. The van der Waals surface area contributed by atoms with Crippen LogP contribution in [0.15, 0.2) is 0 Å². The Morgan fingerprint density at radius 2 is 2.00 bits per heavy atom. The summed E-state index contributed by atoms with van der Waals surface area (Å²) in [5, 5.41) is 8.49. The number of nitrogens with zero attached hydrogens (tertiary/aromatic N) is 2. The first-order valence-corrected chi connectivity index (χ1v) is 5.03. The molecule has 0 aromatic rings. The molecule has 1 saturated heterocycles. The summed E-state index contributed by atoms with van der Waals surface area (Å²) in [6.45, 7) is 6.37. The second-order valence-corrected chi connectivity index (χ2v) is 3.26. The Morgan fingerprint density at radius 3 is 2.50 bits per heavy atom. The Labute approximate surface area is 84.2 Å². The molecule has 5 nitrogen and oxygen atoms in total. The van der Waals surface area contributed by atoms with Crippen LogP contribution in [0.2, 0.25) is 0 Å². The number of hydrogen-bond acceptors (Lipinski definition) is 4. The summed E-state index contributed by atoms with van der Waals surface area (Å²) in [5.74, 6) is 0. The molecule has 0 spiro atoms. The molecule has 1 aliphatic heterocycles. The van der Waals surface area contributed by atoms with Crippen LogP contribution in [0.1, 0.15) is 6.92 Å². The summed E-state index contributed by atoms with van der Waals surface area (Å²) in [6.07, 6.45) is -0.310. The first kappa shape index (κ1) is 11.3. The van der Waals surface area contributed by atoms with Crippen molar-refractivity contribution in [1.82, 2.24) is 9.80 Å². The van der Waals surface area contributed by atoms with Crippen LogP contribution in [0.3, 0.4) is 0 Å². The van der Waals surface area contributed by atoms with E-state index in [1.807, 2.05) is 0 Å². The first-order valence-electron chi connectivity index (χ1n) is 5.03. The molecule has 5 heteroatoms. The molecule has 0 aromatic carbocycles. The van der Waals surface area contributed by atoms with Gasteiger partial charge in [-0.1, -0.05) is 6.92 Å². The molecule has 0 atom stereocenters. The van der Waals surface area contributed by atoms with Gasteiger partial charge in [0.1, 0.15) is 6.61 Å².